The first kappa shape index (κ1) is 12.2. The summed E-state index contributed by atoms with van der Waals surface area (Å²) in [5.41, 5.74) is 2.36. The second-order valence-electron chi connectivity index (χ2n) is 7.03. The molecule has 2 aliphatic heterocycles. The molecule has 2 atom stereocenters. The molecule has 0 aromatic heterocycles. The lowest BCUT2D eigenvalue weighted by Crippen LogP contribution is -2.60. The Labute approximate surface area is 110 Å². The first-order valence-corrected chi connectivity index (χ1v) is 7.04. The third kappa shape index (κ3) is 2.45. The standard InChI is InChI=1S/C16H24N2/c1-15-9-16(2,11-17-10-15)13-18(12-15)8-14-6-4-3-5-7-14/h3-7,17H,8-13H2,1-2H3/t15-,16?/m1/s1. The van der Waals surface area contributed by atoms with E-state index in [1.165, 1.54) is 38.2 Å². The summed E-state index contributed by atoms with van der Waals surface area (Å²) < 4.78 is 0. The Balaban J connectivity index is 1.74. The SMILES string of the molecule is CC12CNC[C@](C)(CN(Cc3ccccc3)C1)C2. The molecule has 2 heteroatoms. The van der Waals surface area contributed by atoms with Crippen LogP contribution in [0.4, 0.5) is 0 Å². The maximum Gasteiger partial charge on any atom is 0.0234 e. The van der Waals surface area contributed by atoms with Gasteiger partial charge in [-0.1, -0.05) is 44.2 Å². The molecule has 1 aromatic rings. The fraction of sp³-hybridized carbons (Fsp3) is 0.625. The van der Waals surface area contributed by atoms with Crippen LogP contribution < -0.4 is 5.32 Å². The van der Waals surface area contributed by atoms with Gasteiger partial charge >= 0.3 is 0 Å². The van der Waals surface area contributed by atoms with Crippen molar-refractivity contribution in [1.82, 2.24) is 10.2 Å². The van der Waals surface area contributed by atoms with Crippen molar-refractivity contribution in [1.29, 1.82) is 0 Å². The van der Waals surface area contributed by atoms with E-state index in [4.69, 9.17) is 0 Å². The monoisotopic (exact) mass is 244 g/mol. The molecular weight excluding hydrogens is 220 g/mol. The van der Waals surface area contributed by atoms with Gasteiger partial charge in [-0.15, -0.1) is 0 Å². The zero-order chi connectivity index (χ0) is 12.6. The highest BCUT2D eigenvalue weighted by Crippen LogP contribution is 2.42. The molecule has 0 spiro atoms. The van der Waals surface area contributed by atoms with E-state index in [9.17, 15) is 0 Å². The zero-order valence-corrected chi connectivity index (χ0v) is 11.6. The quantitative estimate of drug-likeness (QED) is 0.860. The summed E-state index contributed by atoms with van der Waals surface area (Å²) in [5.74, 6) is 0. The summed E-state index contributed by atoms with van der Waals surface area (Å²) in [7, 11) is 0. The third-order valence-corrected chi connectivity index (χ3v) is 4.42. The normalized spacial score (nSPS) is 36.6. The Kier molecular flexibility index (Phi) is 2.95. The molecule has 2 saturated heterocycles. The van der Waals surface area contributed by atoms with Crippen molar-refractivity contribution in [3.63, 3.8) is 0 Å². The molecule has 2 aliphatic rings. The number of nitrogens with one attached hydrogen (secondary N) is 1. The minimum absolute atomic E-state index is 0.458. The first-order valence-electron chi connectivity index (χ1n) is 7.04. The van der Waals surface area contributed by atoms with Crippen molar-refractivity contribution in [3.05, 3.63) is 35.9 Å². The predicted molar refractivity (Wildman–Crippen MR) is 75.4 cm³/mol. The summed E-state index contributed by atoms with van der Waals surface area (Å²) in [6.07, 6.45) is 1.37. The minimum atomic E-state index is 0.458. The van der Waals surface area contributed by atoms with Crippen molar-refractivity contribution in [2.45, 2.75) is 26.8 Å². The third-order valence-electron chi connectivity index (χ3n) is 4.42. The molecule has 2 bridgehead atoms. The number of likely N-dealkylation sites (tertiary alicyclic amines) is 1. The van der Waals surface area contributed by atoms with Crippen LogP contribution in [0.3, 0.4) is 0 Å². The van der Waals surface area contributed by atoms with Crippen molar-refractivity contribution in [3.8, 4) is 0 Å². The molecule has 1 N–H and O–H groups in total. The Morgan fingerprint density at radius 3 is 2.28 bits per heavy atom. The molecule has 3 rings (SSSR count). The minimum Gasteiger partial charge on any atom is -0.316 e. The number of fused-ring (bicyclic) bond motifs is 2. The number of rotatable bonds is 2. The Morgan fingerprint density at radius 2 is 1.67 bits per heavy atom. The summed E-state index contributed by atoms with van der Waals surface area (Å²) >= 11 is 0. The van der Waals surface area contributed by atoms with Crippen LogP contribution in [0, 0.1) is 10.8 Å². The number of piperidine rings is 2. The first-order chi connectivity index (χ1) is 8.57. The van der Waals surface area contributed by atoms with Gasteiger partial charge in [0.2, 0.25) is 0 Å². The predicted octanol–water partition coefficient (Wildman–Crippen LogP) is 2.51. The van der Waals surface area contributed by atoms with Crippen molar-refractivity contribution in [2.75, 3.05) is 26.2 Å². The van der Waals surface area contributed by atoms with Gasteiger partial charge in [-0.25, -0.2) is 0 Å². The molecule has 18 heavy (non-hydrogen) atoms. The van der Waals surface area contributed by atoms with Gasteiger partial charge in [0, 0.05) is 32.7 Å². The molecule has 0 radical (unpaired) electrons. The summed E-state index contributed by atoms with van der Waals surface area (Å²) in [4.78, 5) is 2.65. The van der Waals surface area contributed by atoms with Crippen LogP contribution in [0.2, 0.25) is 0 Å². The fourth-order valence-electron chi connectivity index (χ4n) is 4.13. The van der Waals surface area contributed by atoms with Crippen LogP contribution in [0.15, 0.2) is 30.3 Å². The molecule has 0 aliphatic carbocycles. The van der Waals surface area contributed by atoms with Crippen LogP contribution in [0.5, 0.6) is 0 Å². The Hall–Kier alpha value is -0.860. The number of benzene rings is 1. The molecule has 1 unspecified atom stereocenters. The topological polar surface area (TPSA) is 15.3 Å². The van der Waals surface area contributed by atoms with E-state index in [0.717, 1.165) is 6.54 Å². The van der Waals surface area contributed by atoms with E-state index in [0.29, 0.717) is 10.8 Å². The summed E-state index contributed by atoms with van der Waals surface area (Å²) in [6, 6.07) is 10.9. The van der Waals surface area contributed by atoms with E-state index in [1.54, 1.807) is 0 Å². The van der Waals surface area contributed by atoms with Crippen LogP contribution in [-0.4, -0.2) is 31.1 Å². The summed E-state index contributed by atoms with van der Waals surface area (Å²) in [5, 5.41) is 3.63. The van der Waals surface area contributed by atoms with E-state index < -0.39 is 0 Å². The lowest BCUT2D eigenvalue weighted by Gasteiger charge is -2.54. The lowest BCUT2D eigenvalue weighted by atomic mass is 9.66. The van der Waals surface area contributed by atoms with Crippen LogP contribution in [-0.2, 0) is 6.54 Å². The van der Waals surface area contributed by atoms with E-state index in [2.05, 4.69) is 54.4 Å². The second kappa shape index (κ2) is 4.36. The highest BCUT2D eigenvalue weighted by molar-refractivity contribution is 5.15. The lowest BCUT2D eigenvalue weighted by molar-refractivity contribution is -0.0237. The Bertz CT molecular complexity index is 398. The smallest absolute Gasteiger partial charge is 0.0234 e. The molecule has 2 fully saturated rings. The molecule has 98 valence electrons. The maximum absolute atomic E-state index is 3.63. The van der Waals surface area contributed by atoms with Gasteiger partial charge in [-0.3, -0.25) is 4.90 Å². The summed E-state index contributed by atoms with van der Waals surface area (Å²) in [6.45, 7) is 10.8. The molecule has 2 heterocycles. The molecule has 2 nitrogen and oxygen atoms in total. The molecule has 0 saturated carbocycles. The second-order valence-corrected chi connectivity index (χ2v) is 7.03. The van der Waals surface area contributed by atoms with Crippen LogP contribution >= 0.6 is 0 Å². The van der Waals surface area contributed by atoms with Gasteiger partial charge in [0.05, 0.1) is 0 Å². The largest absolute Gasteiger partial charge is 0.316 e. The van der Waals surface area contributed by atoms with Gasteiger partial charge in [-0.2, -0.15) is 0 Å². The van der Waals surface area contributed by atoms with E-state index >= 15 is 0 Å². The number of hydrogen-bond acceptors (Lipinski definition) is 2. The average molecular weight is 244 g/mol. The van der Waals surface area contributed by atoms with Crippen LogP contribution in [0.25, 0.3) is 0 Å². The van der Waals surface area contributed by atoms with Gasteiger partial charge < -0.3 is 5.32 Å². The van der Waals surface area contributed by atoms with Gasteiger partial charge in [0.25, 0.3) is 0 Å². The number of hydrogen-bond donors (Lipinski definition) is 1. The van der Waals surface area contributed by atoms with Crippen molar-refractivity contribution >= 4 is 0 Å². The highest BCUT2D eigenvalue weighted by atomic mass is 15.2. The van der Waals surface area contributed by atoms with E-state index in [1.807, 2.05) is 0 Å². The molecule has 1 aromatic carbocycles. The molecule has 0 amide bonds. The van der Waals surface area contributed by atoms with Gasteiger partial charge in [-0.05, 0) is 22.8 Å². The van der Waals surface area contributed by atoms with Crippen molar-refractivity contribution < 1.29 is 0 Å². The van der Waals surface area contributed by atoms with Crippen molar-refractivity contribution in [2.24, 2.45) is 10.8 Å². The molecular formula is C16H24N2. The highest BCUT2D eigenvalue weighted by Gasteiger charge is 2.45. The van der Waals surface area contributed by atoms with E-state index in [-0.39, 0.29) is 0 Å². The number of nitrogens with zero attached hydrogens (tertiary/aromatic N) is 1. The van der Waals surface area contributed by atoms with Crippen LogP contribution in [0.1, 0.15) is 25.8 Å². The average Bonchev–Trinajstić information content (AvgIpc) is 2.27. The maximum atomic E-state index is 3.63. The van der Waals surface area contributed by atoms with Gasteiger partial charge in [0.1, 0.15) is 0 Å². The van der Waals surface area contributed by atoms with Gasteiger partial charge in [0.15, 0.2) is 0 Å². The zero-order valence-electron chi connectivity index (χ0n) is 11.6. The fourth-order valence-corrected chi connectivity index (χ4v) is 4.13. The Morgan fingerprint density at radius 1 is 1.06 bits per heavy atom.